The van der Waals surface area contributed by atoms with Gasteiger partial charge in [-0.25, -0.2) is 13.5 Å². The number of hydrogen-bond acceptors (Lipinski definition) is 3. The summed E-state index contributed by atoms with van der Waals surface area (Å²) in [5.41, 5.74) is 1.05. The number of rotatable bonds is 4. The van der Waals surface area contributed by atoms with Crippen LogP contribution >= 0.6 is 0 Å². The number of hydrogen-bond donors (Lipinski definition) is 0. The molecule has 0 bridgehead atoms. The molecule has 1 heterocycles. The maximum Gasteiger partial charge on any atom is 0.221 e. The van der Waals surface area contributed by atoms with Crippen molar-refractivity contribution >= 4 is 21.8 Å². The Morgan fingerprint density at radius 1 is 1.23 bits per heavy atom. The van der Waals surface area contributed by atoms with E-state index in [-0.39, 0.29) is 10.8 Å². The van der Waals surface area contributed by atoms with Crippen molar-refractivity contribution in [2.75, 3.05) is 14.2 Å². The van der Waals surface area contributed by atoms with Gasteiger partial charge in [0.1, 0.15) is 0 Å². The highest BCUT2D eigenvalue weighted by atomic mass is 32.2. The first kappa shape index (κ1) is 16.9. The molecule has 0 aliphatic heterocycles. The minimum absolute atomic E-state index is 0.0108. The molecule has 120 valence electrons. The fourth-order valence-electron chi connectivity index (χ4n) is 2.46. The van der Waals surface area contributed by atoms with Crippen LogP contribution in [0.15, 0.2) is 30.5 Å². The van der Waals surface area contributed by atoms with Crippen LogP contribution in [-0.2, 0) is 11.0 Å². The third-order valence-corrected chi connectivity index (χ3v) is 5.65. The summed E-state index contributed by atoms with van der Waals surface area (Å²) in [6.45, 7) is 8.00. The molecule has 4 nitrogen and oxygen atoms in total. The normalized spacial score (nSPS) is 15.0. The number of fused-ring (bicyclic) bond motifs is 1. The van der Waals surface area contributed by atoms with E-state index in [2.05, 4.69) is 18.0 Å². The van der Waals surface area contributed by atoms with Crippen molar-refractivity contribution in [1.82, 2.24) is 9.29 Å². The van der Waals surface area contributed by atoms with Gasteiger partial charge in [-0.15, -0.1) is 0 Å². The van der Waals surface area contributed by atoms with E-state index in [0.29, 0.717) is 5.88 Å². The van der Waals surface area contributed by atoms with Gasteiger partial charge in [0.05, 0.1) is 22.8 Å². The van der Waals surface area contributed by atoms with E-state index in [1.807, 2.05) is 56.5 Å². The SMILES string of the molecule is COc1ncc([C@@H](C)N(C)[S@@](=O)C(C)(C)C)c2ccccc12. The van der Waals surface area contributed by atoms with Gasteiger partial charge in [-0.3, -0.25) is 0 Å². The molecule has 0 saturated heterocycles. The topological polar surface area (TPSA) is 42.4 Å². The standard InChI is InChI=1S/C17H24N2O2S/c1-12(19(5)22(20)17(2,3)4)15-11-18-16(21-6)14-10-8-7-9-13(14)15/h7-12H,1-6H3/t12-,22+/m1/s1. The highest BCUT2D eigenvalue weighted by Gasteiger charge is 2.28. The summed E-state index contributed by atoms with van der Waals surface area (Å²) >= 11 is 0. The maximum atomic E-state index is 12.6. The molecule has 1 aromatic carbocycles. The quantitative estimate of drug-likeness (QED) is 0.862. The van der Waals surface area contributed by atoms with Crippen LogP contribution in [0.5, 0.6) is 5.88 Å². The van der Waals surface area contributed by atoms with Crippen LogP contribution in [0.2, 0.25) is 0 Å². The summed E-state index contributed by atoms with van der Waals surface area (Å²) in [6, 6.07) is 8.01. The van der Waals surface area contributed by atoms with Gasteiger partial charge in [0.2, 0.25) is 5.88 Å². The predicted octanol–water partition coefficient (Wildman–Crippen LogP) is 3.70. The van der Waals surface area contributed by atoms with Gasteiger partial charge < -0.3 is 4.74 Å². The van der Waals surface area contributed by atoms with Crippen LogP contribution in [0.4, 0.5) is 0 Å². The lowest BCUT2D eigenvalue weighted by Crippen LogP contribution is -2.36. The zero-order valence-corrected chi connectivity index (χ0v) is 14.9. The van der Waals surface area contributed by atoms with Crippen LogP contribution in [0.25, 0.3) is 10.8 Å². The highest BCUT2D eigenvalue weighted by molar-refractivity contribution is 7.84. The summed E-state index contributed by atoms with van der Waals surface area (Å²) in [5, 5.41) is 2.06. The Labute approximate surface area is 135 Å². The van der Waals surface area contributed by atoms with E-state index in [1.54, 1.807) is 7.11 Å². The molecule has 0 N–H and O–H groups in total. The van der Waals surface area contributed by atoms with E-state index in [4.69, 9.17) is 4.74 Å². The lowest BCUT2D eigenvalue weighted by atomic mass is 10.0. The minimum Gasteiger partial charge on any atom is -0.481 e. The largest absolute Gasteiger partial charge is 0.481 e. The van der Waals surface area contributed by atoms with E-state index < -0.39 is 11.0 Å². The number of nitrogens with zero attached hydrogens (tertiary/aromatic N) is 2. The van der Waals surface area contributed by atoms with E-state index >= 15 is 0 Å². The lowest BCUT2D eigenvalue weighted by molar-refractivity contribution is 0.399. The fraction of sp³-hybridized carbons (Fsp3) is 0.471. The molecule has 1 aromatic heterocycles. The van der Waals surface area contributed by atoms with Crippen LogP contribution in [0.1, 0.15) is 39.3 Å². The number of methoxy groups -OCH3 is 1. The molecule has 0 spiro atoms. The number of aromatic nitrogens is 1. The monoisotopic (exact) mass is 320 g/mol. The molecule has 2 aromatic rings. The van der Waals surface area contributed by atoms with Crippen LogP contribution in [-0.4, -0.2) is 32.4 Å². The van der Waals surface area contributed by atoms with E-state index in [1.165, 1.54) is 0 Å². The molecule has 0 aliphatic carbocycles. The maximum absolute atomic E-state index is 12.6. The Kier molecular flexibility index (Phi) is 4.87. The van der Waals surface area contributed by atoms with Crippen molar-refractivity contribution in [3.05, 3.63) is 36.0 Å². The van der Waals surface area contributed by atoms with Crippen LogP contribution < -0.4 is 4.74 Å². The summed E-state index contributed by atoms with van der Waals surface area (Å²) in [7, 11) is 2.43. The Morgan fingerprint density at radius 2 is 1.82 bits per heavy atom. The van der Waals surface area contributed by atoms with Crippen molar-refractivity contribution < 1.29 is 8.95 Å². The number of pyridine rings is 1. The molecule has 0 unspecified atom stereocenters. The van der Waals surface area contributed by atoms with Gasteiger partial charge in [0, 0.05) is 24.7 Å². The zero-order valence-electron chi connectivity index (χ0n) is 14.1. The van der Waals surface area contributed by atoms with Crippen molar-refractivity contribution in [3.8, 4) is 5.88 Å². The zero-order chi connectivity index (χ0) is 16.5. The van der Waals surface area contributed by atoms with Crippen LogP contribution in [0.3, 0.4) is 0 Å². The molecule has 2 rings (SSSR count). The molecule has 22 heavy (non-hydrogen) atoms. The summed E-state index contributed by atoms with van der Waals surface area (Å²) in [4.78, 5) is 4.40. The van der Waals surface area contributed by atoms with Gasteiger partial charge >= 0.3 is 0 Å². The van der Waals surface area contributed by atoms with Crippen molar-refractivity contribution in [2.45, 2.75) is 38.5 Å². The van der Waals surface area contributed by atoms with Gasteiger partial charge in [-0.1, -0.05) is 18.2 Å². The molecule has 2 atom stereocenters. The van der Waals surface area contributed by atoms with Gasteiger partial charge in [0.15, 0.2) is 0 Å². The first-order valence-electron chi connectivity index (χ1n) is 7.34. The van der Waals surface area contributed by atoms with Crippen molar-refractivity contribution in [1.29, 1.82) is 0 Å². The molecule has 0 saturated carbocycles. The molecule has 0 radical (unpaired) electrons. The first-order valence-corrected chi connectivity index (χ1v) is 8.44. The molecular weight excluding hydrogens is 296 g/mol. The van der Waals surface area contributed by atoms with E-state index in [0.717, 1.165) is 16.3 Å². The third-order valence-electron chi connectivity index (χ3n) is 3.76. The Morgan fingerprint density at radius 3 is 2.36 bits per heavy atom. The number of ether oxygens (including phenoxy) is 1. The fourth-order valence-corrected chi connectivity index (χ4v) is 3.72. The molecule has 0 aliphatic rings. The van der Waals surface area contributed by atoms with E-state index in [9.17, 15) is 4.21 Å². The van der Waals surface area contributed by atoms with Gasteiger partial charge in [-0.2, -0.15) is 0 Å². The molecule has 0 fully saturated rings. The summed E-state index contributed by atoms with van der Waals surface area (Å²) in [5.74, 6) is 0.617. The van der Waals surface area contributed by atoms with Crippen molar-refractivity contribution in [3.63, 3.8) is 0 Å². The lowest BCUT2D eigenvalue weighted by Gasteiger charge is -2.30. The first-order chi connectivity index (χ1) is 10.3. The minimum atomic E-state index is -1.09. The Hall–Kier alpha value is -1.46. The summed E-state index contributed by atoms with van der Waals surface area (Å²) in [6.07, 6.45) is 1.82. The molecular formula is C17H24N2O2S. The molecule has 5 heteroatoms. The van der Waals surface area contributed by atoms with Crippen LogP contribution in [0, 0.1) is 0 Å². The Bertz CT molecular complexity index is 695. The second-order valence-electron chi connectivity index (χ2n) is 6.35. The molecule has 0 amide bonds. The highest BCUT2D eigenvalue weighted by Crippen LogP contribution is 2.33. The second-order valence-corrected chi connectivity index (χ2v) is 8.65. The van der Waals surface area contributed by atoms with Gasteiger partial charge in [0.25, 0.3) is 0 Å². The number of benzene rings is 1. The average molecular weight is 320 g/mol. The third kappa shape index (κ3) is 3.15. The smallest absolute Gasteiger partial charge is 0.221 e. The second kappa shape index (κ2) is 6.34. The van der Waals surface area contributed by atoms with Crippen molar-refractivity contribution in [2.24, 2.45) is 0 Å². The average Bonchev–Trinajstić information content (AvgIpc) is 2.50. The Balaban J connectivity index is 2.49. The predicted molar refractivity (Wildman–Crippen MR) is 92.4 cm³/mol. The summed E-state index contributed by atoms with van der Waals surface area (Å²) < 4.78 is 19.6. The van der Waals surface area contributed by atoms with Gasteiger partial charge in [-0.05, 0) is 44.7 Å².